The number of nitrogens with zero attached hydrogens (tertiary/aromatic N) is 2. The molecule has 1 saturated heterocycles. The number of rotatable bonds is 5. The molecule has 2 aromatic rings. The average molecular weight is 603 g/mol. The zero-order valence-electron chi connectivity index (χ0n) is 27.3. The Labute approximate surface area is 260 Å². The highest BCUT2D eigenvalue weighted by molar-refractivity contribution is 6.15. The summed E-state index contributed by atoms with van der Waals surface area (Å²) in [4.78, 5) is 62.0. The third-order valence-corrected chi connectivity index (χ3v) is 10.2. The first-order valence-electron chi connectivity index (χ1n) is 15.8. The lowest BCUT2D eigenvalue weighted by molar-refractivity contribution is -0.165. The fourth-order valence-corrected chi connectivity index (χ4v) is 7.10. The van der Waals surface area contributed by atoms with E-state index in [-0.39, 0.29) is 29.1 Å². The van der Waals surface area contributed by atoms with E-state index >= 15 is 0 Å². The van der Waals surface area contributed by atoms with Gasteiger partial charge in [0.2, 0.25) is 0 Å². The average Bonchev–Trinajstić information content (AvgIpc) is 3.33. The van der Waals surface area contributed by atoms with Crippen LogP contribution in [0.2, 0.25) is 0 Å². The molecular weight excluding hydrogens is 556 g/mol. The normalized spacial score (nSPS) is 34.0. The maximum absolute atomic E-state index is 13.9. The molecule has 0 unspecified atom stereocenters. The van der Waals surface area contributed by atoms with Crippen molar-refractivity contribution in [2.45, 2.75) is 92.8 Å². The Bertz CT molecular complexity index is 1500. The number of hydrogen-bond acceptors (Lipinski definition) is 7. The predicted octanol–water partition coefficient (Wildman–Crippen LogP) is 7.43. The summed E-state index contributed by atoms with van der Waals surface area (Å²) in [5, 5.41) is 1.07. The van der Waals surface area contributed by atoms with Crippen LogP contribution in [0, 0.1) is 35.0 Å². The molecule has 0 N–H and O–H groups in total. The van der Waals surface area contributed by atoms with Crippen LogP contribution in [0.25, 0.3) is 17.0 Å². The molecule has 236 valence electrons. The first-order valence-corrected chi connectivity index (χ1v) is 15.8. The minimum atomic E-state index is -1.40. The first kappa shape index (κ1) is 33.2. The smallest absolute Gasteiger partial charge is 0.434 e. The molecule has 8 atom stereocenters. The van der Waals surface area contributed by atoms with Gasteiger partial charge in [-0.15, -0.1) is 0 Å². The molecule has 2 aliphatic heterocycles. The van der Waals surface area contributed by atoms with E-state index < -0.39 is 46.9 Å². The predicted molar refractivity (Wildman–Crippen MR) is 171 cm³/mol. The number of hydrogen-bond donors (Lipinski definition) is 0. The SMILES string of the molecule is CC[C@H]1OC(=O)[C@H](C)C(=O)[C@H](C)[C@@H](C)[C@](C)(CC/C=C/c2cnc3ccccc3c2)C[C@@H](C)C(=O)[C@H](C)C2=NC(=O)O[C@@]21C. The van der Waals surface area contributed by atoms with Gasteiger partial charge in [-0.1, -0.05) is 71.9 Å². The van der Waals surface area contributed by atoms with Gasteiger partial charge in [0, 0.05) is 23.4 Å². The van der Waals surface area contributed by atoms with Crippen LogP contribution in [0.5, 0.6) is 0 Å². The molecule has 0 saturated carbocycles. The molecule has 4 rings (SSSR count). The lowest BCUT2D eigenvalue weighted by atomic mass is 9.63. The summed E-state index contributed by atoms with van der Waals surface area (Å²) in [5.41, 5.74) is 0.408. The number of amides is 1. The van der Waals surface area contributed by atoms with Gasteiger partial charge < -0.3 is 9.47 Å². The van der Waals surface area contributed by atoms with Crippen molar-refractivity contribution in [2.75, 3.05) is 0 Å². The molecule has 3 heterocycles. The number of Topliss-reactive ketones (excluding diaryl/α,β-unsaturated/α-hetero) is 2. The van der Waals surface area contributed by atoms with Crippen LogP contribution < -0.4 is 0 Å². The second-order valence-electron chi connectivity index (χ2n) is 13.3. The largest absolute Gasteiger partial charge is 0.457 e. The van der Waals surface area contributed by atoms with Crippen LogP contribution in [-0.2, 0) is 23.9 Å². The van der Waals surface area contributed by atoms with E-state index in [2.05, 4.69) is 35.1 Å². The lowest BCUT2D eigenvalue weighted by Gasteiger charge is -2.42. The number of benzene rings is 1. The van der Waals surface area contributed by atoms with Gasteiger partial charge >= 0.3 is 12.1 Å². The Kier molecular flexibility index (Phi) is 9.91. The molecule has 44 heavy (non-hydrogen) atoms. The molecular formula is C36H46N2O6. The maximum atomic E-state index is 13.9. The summed E-state index contributed by atoms with van der Waals surface area (Å²) in [7, 11) is 0. The van der Waals surface area contributed by atoms with E-state index in [0.717, 1.165) is 29.3 Å². The molecule has 0 spiro atoms. The highest BCUT2D eigenvalue weighted by atomic mass is 16.6. The van der Waals surface area contributed by atoms with Crippen molar-refractivity contribution in [3.05, 3.63) is 48.2 Å². The Morgan fingerprint density at radius 1 is 0.977 bits per heavy atom. The molecule has 0 radical (unpaired) electrons. The zero-order valence-corrected chi connectivity index (χ0v) is 27.3. The van der Waals surface area contributed by atoms with Crippen molar-refractivity contribution in [3.63, 3.8) is 0 Å². The van der Waals surface area contributed by atoms with E-state index in [1.807, 2.05) is 51.2 Å². The topological polar surface area (TPSA) is 112 Å². The number of ketones is 2. The van der Waals surface area contributed by atoms with Crippen LogP contribution in [0.3, 0.4) is 0 Å². The minimum Gasteiger partial charge on any atom is -0.457 e. The summed E-state index contributed by atoms with van der Waals surface area (Å²) in [6, 6.07) is 10.1. The van der Waals surface area contributed by atoms with Gasteiger partial charge in [0.05, 0.1) is 17.1 Å². The summed E-state index contributed by atoms with van der Waals surface area (Å²) in [6.45, 7) is 14.7. The number of ether oxygens (including phenoxy) is 2. The third-order valence-electron chi connectivity index (χ3n) is 10.2. The van der Waals surface area contributed by atoms with Crippen molar-refractivity contribution >= 4 is 46.3 Å². The summed E-state index contributed by atoms with van der Waals surface area (Å²) >= 11 is 0. The fourth-order valence-electron chi connectivity index (χ4n) is 7.10. The number of aromatic nitrogens is 1. The Hall–Kier alpha value is -3.68. The van der Waals surface area contributed by atoms with Crippen molar-refractivity contribution in [1.82, 2.24) is 4.98 Å². The quantitative estimate of drug-likeness (QED) is 0.258. The highest BCUT2D eigenvalue weighted by Gasteiger charge is 2.53. The Balaban J connectivity index is 1.64. The number of pyridine rings is 1. The van der Waals surface area contributed by atoms with Crippen molar-refractivity contribution in [1.29, 1.82) is 0 Å². The molecule has 8 nitrogen and oxygen atoms in total. The first-order chi connectivity index (χ1) is 20.7. The van der Waals surface area contributed by atoms with Gasteiger partial charge in [-0.25, -0.2) is 4.79 Å². The number of carbonyl (C=O) groups excluding carboxylic acids is 4. The van der Waals surface area contributed by atoms with Crippen molar-refractivity contribution in [3.8, 4) is 0 Å². The zero-order chi connectivity index (χ0) is 32.4. The second-order valence-corrected chi connectivity index (χ2v) is 13.3. The van der Waals surface area contributed by atoms with Crippen LogP contribution >= 0.6 is 0 Å². The molecule has 8 heteroatoms. The van der Waals surface area contributed by atoms with Gasteiger partial charge in [-0.2, -0.15) is 4.99 Å². The third kappa shape index (κ3) is 6.54. The molecule has 0 bridgehead atoms. The number of fused-ring (bicyclic) bond motifs is 2. The summed E-state index contributed by atoms with van der Waals surface area (Å²) < 4.78 is 11.5. The minimum absolute atomic E-state index is 0.0601. The highest BCUT2D eigenvalue weighted by Crippen LogP contribution is 2.45. The monoisotopic (exact) mass is 602 g/mol. The standard InChI is InChI=1S/C36H46N2O6/c1-9-29-36(8)32(38-34(42)44-36)23(4)30(39)21(2)19-35(7,25(6)22(3)31(40)24(5)33(41)43-29)17-13-12-14-26-18-27-15-10-11-16-28(27)37-20-26/h10-12,14-16,18,20-25,29H,9,13,17,19H2,1-8H3/b14-12+/t21-,22-,23+,24-,25-,29-,35-,36-/m1/s1. The van der Waals surface area contributed by atoms with Crippen molar-refractivity contribution in [2.24, 2.45) is 40.0 Å². The molecule has 0 aliphatic carbocycles. The number of esters is 1. The number of para-hydroxylation sites is 1. The fraction of sp³-hybridized carbons (Fsp3) is 0.556. The summed E-state index contributed by atoms with van der Waals surface area (Å²) in [5.74, 6) is -3.59. The number of carbonyl (C=O) groups is 4. The maximum Gasteiger partial charge on any atom is 0.434 e. The van der Waals surface area contributed by atoms with Gasteiger partial charge in [0.15, 0.2) is 5.60 Å². The Morgan fingerprint density at radius 2 is 1.68 bits per heavy atom. The van der Waals surface area contributed by atoms with Gasteiger partial charge in [0.1, 0.15) is 23.6 Å². The molecule has 1 aromatic heterocycles. The van der Waals surface area contributed by atoms with E-state index in [1.54, 1.807) is 27.7 Å². The van der Waals surface area contributed by atoms with E-state index in [4.69, 9.17) is 9.47 Å². The molecule has 1 fully saturated rings. The number of aliphatic imine (C=N–C) groups is 1. The second kappa shape index (κ2) is 13.1. The molecule has 1 amide bonds. The van der Waals surface area contributed by atoms with Crippen LogP contribution in [0.4, 0.5) is 4.79 Å². The molecule has 2 aliphatic rings. The van der Waals surface area contributed by atoms with E-state index in [9.17, 15) is 19.2 Å². The lowest BCUT2D eigenvalue weighted by Crippen LogP contribution is -2.53. The van der Waals surface area contributed by atoms with Gasteiger partial charge in [-0.05, 0) is 68.6 Å². The van der Waals surface area contributed by atoms with E-state index in [0.29, 0.717) is 12.8 Å². The van der Waals surface area contributed by atoms with Crippen LogP contribution in [-0.4, -0.2) is 46.0 Å². The number of cyclic esters (lactones) is 1. The van der Waals surface area contributed by atoms with Gasteiger partial charge in [-0.3, -0.25) is 19.4 Å². The summed E-state index contributed by atoms with van der Waals surface area (Å²) in [6.07, 6.45) is 6.65. The molecule has 1 aromatic carbocycles. The van der Waals surface area contributed by atoms with Crippen LogP contribution in [0.1, 0.15) is 86.6 Å². The van der Waals surface area contributed by atoms with E-state index in [1.165, 1.54) is 0 Å². The van der Waals surface area contributed by atoms with Gasteiger partial charge in [0.25, 0.3) is 0 Å². The Morgan fingerprint density at radius 3 is 2.39 bits per heavy atom. The van der Waals surface area contributed by atoms with Crippen LogP contribution in [0.15, 0.2) is 47.6 Å². The number of allylic oxidation sites excluding steroid dienone is 1. The van der Waals surface area contributed by atoms with Crippen molar-refractivity contribution < 1.29 is 28.7 Å².